The number of aromatic amines is 1. The summed E-state index contributed by atoms with van der Waals surface area (Å²) < 4.78 is 7.16. The lowest BCUT2D eigenvalue weighted by Gasteiger charge is -2.14. The highest BCUT2D eigenvalue weighted by atomic mass is 16.5. The van der Waals surface area contributed by atoms with Crippen molar-refractivity contribution >= 4 is 28.4 Å². The molecule has 10 heteroatoms. The molecule has 0 saturated heterocycles. The number of nitrogens with zero attached hydrogens (tertiary/aromatic N) is 5. The zero-order valence-electron chi connectivity index (χ0n) is 15.5. The minimum atomic E-state index is -0.667. The van der Waals surface area contributed by atoms with E-state index in [0.717, 1.165) is 16.5 Å². The Balaban J connectivity index is 1.97. The number of hydrogen-bond acceptors (Lipinski definition) is 7. The van der Waals surface area contributed by atoms with Crippen LogP contribution in [0.3, 0.4) is 0 Å². The van der Waals surface area contributed by atoms with Gasteiger partial charge < -0.3 is 4.74 Å². The highest BCUT2D eigenvalue weighted by Crippen LogP contribution is 2.29. The van der Waals surface area contributed by atoms with Crippen molar-refractivity contribution < 1.29 is 9.53 Å². The van der Waals surface area contributed by atoms with E-state index in [1.165, 1.54) is 10.6 Å². The van der Waals surface area contributed by atoms with Gasteiger partial charge >= 0.3 is 0 Å². The van der Waals surface area contributed by atoms with Crippen LogP contribution in [0.5, 0.6) is 5.75 Å². The number of nitrogens with one attached hydrogen (secondary N) is 2. The second-order valence-corrected chi connectivity index (χ2v) is 6.26. The molecule has 3 aromatic heterocycles. The van der Waals surface area contributed by atoms with Crippen LogP contribution < -0.4 is 15.6 Å². The van der Waals surface area contributed by atoms with Crippen molar-refractivity contribution in [2.75, 3.05) is 11.9 Å². The quantitative estimate of drug-likeness (QED) is 0.516. The zero-order valence-corrected chi connectivity index (χ0v) is 15.5. The van der Waals surface area contributed by atoms with E-state index in [2.05, 4.69) is 30.9 Å². The smallest absolute Gasteiger partial charge is 0.271 e. The predicted octanol–water partition coefficient (Wildman–Crippen LogP) is 1.63. The number of aromatic nitrogens is 6. The molecule has 0 atom stereocenters. The van der Waals surface area contributed by atoms with Gasteiger partial charge in [-0.15, -0.1) is 5.10 Å². The third-order valence-electron chi connectivity index (χ3n) is 4.48. The monoisotopic (exact) mass is 379 g/mol. The molecule has 0 radical (unpaired) electrons. The summed E-state index contributed by atoms with van der Waals surface area (Å²) in [4.78, 5) is 29.9. The Morgan fingerprint density at radius 2 is 2.04 bits per heavy atom. The van der Waals surface area contributed by atoms with Gasteiger partial charge in [-0.2, -0.15) is 5.21 Å². The van der Waals surface area contributed by atoms with E-state index < -0.39 is 11.5 Å². The van der Waals surface area contributed by atoms with Crippen LogP contribution in [-0.4, -0.2) is 42.5 Å². The molecule has 4 aromatic rings. The number of carbonyl (C=O) groups is 1. The Kier molecular flexibility index (Phi) is 4.22. The second kappa shape index (κ2) is 6.72. The van der Waals surface area contributed by atoms with Crippen LogP contribution in [0.4, 0.5) is 5.95 Å². The van der Waals surface area contributed by atoms with Gasteiger partial charge in [-0.25, -0.2) is 4.98 Å². The van der Waals surface area contributed by atoms with Crippen molar-refractivity contribution in [1.82, 2.24) is 30.0 Å². The van der Waals surface area contributed by atoms with Crippen LogP contribution in [0.15, 0.2) is 29.2 Å². The molecular weight excluding hydrogens is 362 g/mol. The van der Waals surface area contributed by atoms with Gasteiger partial charge in [-0.1, -0.05) is 5.10 Å². The molecule has 0 unspecified atom stereocenters. The van der Waals surface area contributed by atoms with Gasteiger partial charge in [-0.3, -0.25) is 19.3 Å². The Labute approximate surface area is 158 Å². The molecule has 0 aliphatic rings. The van der Waals surface area contributed by atoms with E-state index in [1.807, 2.05) is 32.9 Å². The Bertz CT molecular complexity index is 1260. The number of carbonyl (C=O) groups excluding carboxylic acids is 1. The van der Waals surface area contributed by atoms with E-state index in [4.69, 9.17) is 4.74 Å². The fourth-order valence-electron chi connectivity index (χ4n) is 3.00. The van der Waals surface area contributed by atoms with E-state index >= 15 is 0 Å². The lowest BCUT2D eigenvalue weighted by Crippen LogP contribution is -2.27. The lowest BCUT2D eigenvalue weighted by atomic mass is 10.1. The fraction of sp³-hybridized carbons (Fsp3) is 0.222. The third-order valence-corrected chi connectivity index (χ3v) is 4.48. The molecular formula is C18H17N7O3. The first-order chi connectivity index (χ1) is 13.5. The zero-order chi connectivity index (χ0) is 19.8. The molecule has 0 saturated carbocycles. The van der Waals surface area contributed by atoms with Gasteiger partial charge in [0.15, 0.2) is 0 Å². The SMILES string of the molecule is CCOc1cc2ncc(C(=O)Nc3nn[nH]n3)c(=O)n2c2cc(C)c(C)cc12. The number of hydrogen-bond donors (Lipinski definition) is 2. The van der Waals surface area contributed by atoms with Gasteiger partial charge in [0.05, 0.1) is 12.1 Å². The van der Waals surface area contributed by atoms with Crippen LogP contribution in [0.25, 0.3) is 16.6 Å². The number of amides is 1. The molecule has 0 aliphatic carbocycles. The van der Waals surface area contributed by atoms with Crippen molar-refractivity contribution in [3.63, 3.8) is 0 Å². The Morgan fingerprint density at radius 1 is 1.25 bits per heavy atom. The average molecular weight is 379 g/mol. The van der Waals surface area contributed by atoms with Gasteiger partial charge in [0, 0.05) is 17.6 Å². The van der Waals surface area contributed by atoms with Crippen molar-refractivity contribution in [3.05, 3.63) is 51.4 Å². The summed E-state index contributed by atoms with van der Waals surface area (Å²) in [6, 6.07) is 5.56. The Morgan fingerprint density at radius 3 is 2.75 bits per heavy atom. The number of pyridine rings is 1. The number of fused-ring (bicyclic) bond motifs is 3. The van der Waals surface area contributed by atoms with E-state index in [9.17, 15) is 9.59 Å². The van der Waals surface area contributed by atoms with E-state index in [-0.39, 0.29) is 11.5 Å². The maximum absolute atomic E-state index is 13.1. The molecule has 0 aliphatic heterocycles. The average Bonchev–Trinajstić information content (AvgIpc) is 3.16. The summed E-state index contributed by atoms with van der Waals surface area (Å²) in [6.45, 7) is 6.32. The molecule has 2 N–H and O–H groups in total. The highest BCUT2D eigenvalue weighted by Gasteiger charge is 2.18. The minimum absolute atomic E-state index is 0.0301. The summed E-state index contributed by atoms with van der Waals surface area (Å²) in [5.41, 5.74) is 2.46. The molecule has 0 fully saturated rings. The van der Waals surface area contributed by atoms with Crippen LogP contribution in [0.1, 0.15) is 28.4 Å². The number of ether oxygens (including phenoxy) is 1. The van der Waals surface area contributed by atoms with E-state index in [0.29, 0.717) is 23.5 Å². The van der Waals surface area contributed by atoms with Crippen LogP contribution in [-0.2, 0) is 0 Å². The molecule has 4 rings (SSSR count). The molecule has 1 aromatic carbocycles. The molecule has 1 amide bonds. The summed E-state index contributed by atoms with van der Waals surface area (Å²) >= 11 is 0. The lowest BCUT2D eigenvalue weighted by molar-refractivity contribution is 0.102. The maximum atomic E-state index is 13.1. The van der Waals surface area contributed by atoms with Gasteiger partial charge in [0.2, 0.25) is 0 Å². The highest BCUT2D eigenvalue weighted by molar-refractivity contribution is 6.03. The van der Waals surface area contributed by atoms with Crippen molar-refractivity contribution in [1.29, 1.82) is 0 Å². The summed E-state index contributed by atoms with van der Waals surface area (Å²) in [5.74, 6) is -0.0619. The van der Waals surface area contributed by atoms with Gasteiger partial charge in [0.1, 0.15) is 17.0 Å². The van der Waals surface area contributed by atoms with Gasteiger partial charge in [-0.05, 0) is 49.2 Å². The molecule has 28 heavy (non-hydrogen) atoms. The van der Waals surface area contributed by atoms with Gasteiger partial charge in [0.25, 0.3) is 17.4 Å². The summed E-state index contributed by atoms with van der Waals surface area (Å²) in [5, 5.41) is 16.1. The minimum Gasteiger partial charge on any atom is -0.493 e. The third kappa shape index (κ3) is 2.84. The predicted molar refractivity (Wildman–Crippen MR) is 102 cm³/mol. The number of aryl methyl sites for hydroxylation is 2. The van der Waals surface area contributed by atoms with Crippen molar-refractivity contribution in [2.45, 2.75) is 20.8 Å². The molecule has 0 bridgehead atoms. The standard InChI is InChI=1S/C18H17N7O3/c1-4-28-14-7-15-19-8-12(16(26)20-18-21-23-24-22-18)17(27)25(15)13-6-10(3)9(2)5-11(13)14/h5-8H,4H2,1-3H3,(H2,20,21,22,23,24,26). The second-order valence-electron chi connectivity index (χ2n) is 6.26. The molecule has 0 spiro atoms. The largest absolute Gasteiger partial charge is 0.493 e. The van der Waals surface area contributed by atoms with E-state index in [1.54, 1.807) is 6.07 Å². The fourth-order valence-corrected chi connectivity index (χ4v) is 3.00. The first-order valence-corrected chi connectivity index (χ1v) is 8.63. The first kappa shape index (κ1) is 17.6. The van der Waals surface area contributed by atoms with Crippen LogP contribution in [0.2, 0.25) is 0 Å². The normalized spacial score (nSPS) is 11.1. The summed E-state index contributed by atoms with van der Waals surface area (Å²) in [7, 11) is 0. The van der Waals surface area contributed by atoms with Crippen molar-refractivity contribution in [2.24, 2.45) is 0 Å². The summed E-state index contributed by atoms with van der Waals surface area (Å²) in [6.07, 6.45) is 1.23. The van der Waals surface area contributed by atoms with Crippen molar-refractivity contribution in [3.8, 4) is 5.75 Å². The maximum Gasteiger partial charge on any atom is 0.271 e. The number of H-pyrrole nitrogens is 1. The number of tetrazole rings is 1. The Hall–Kier alpha value is -3.82. The molecule has 142 valence electrons. The first-order valence-electron chi connectivity index (χ1n) is 8.63. The molecule has 3 heterocycles. The van der Waals surface area contributed by atoms with Crippen LogP contribution in [0, 0.1) is 13.8 Å². The number of anilines is 1. The number of rotatable bonds is 4. The molecule has 10 nitrogen and oxygen atoms in total. The number of benzene rings is 1. The topological polar surface area (TPSA) is 127 Å². The van der Waals surface area contributed by atoms with Crippen LogP contribution >= 0.6 is 0 Å².